The maximum atomic E-state index is 11.7. The van der Waals surface area contributed by atoms with E-state index < -0.39 is 0 Å². The van der Waals surface area contributed by atoms with Crippen molar-refractivity contribution in [3.8, 4) is 0 Å². The zero-order chi connectivity index (χ0) is 14.4. The molecule has 0 aromatic heterocycles. The van der Waals surface area contributed by atoms with Crippen LogP contribution in [0.25, 0.3) is 0 Å². The summed E-state index contributed by atoms with van der Waals surface area (Å²) in [6.07, 6.45) is 3.00. The third kappa shape index (κ3) is 5.01. The molecule has 5 heteroatoms. The minimum atomic E-state index is -0.0454. The molecule has 0 unspecified atom stereocenters. The second-order valence-corrected chi connectivity index (χ2v) is 5.10. The molecule has 0 aliphatic heterocycles. The fourth-order valence-electron chi connectivity index (χ4n) is 1.80. The highest BCUT2D eigenvalue weighted by Crippen LogP contribution is 2.27. The van der Waals surface area contributed by atoms with Gasteiger partial charge in [0.05, 0.1) is 6.54 Å². The number of hydrogen-bond acceptors (Lipinski definition) is 3. The largest absolute Gasteiger partial charge is 0.326 e. The second kappa shape index (κ2) is 7.05. The van der Waals surface area contributed by atoms with E-state index in [1.54, 1.807) is 31.2 Å². The maximum absolute atomic E-state index is 11.7. The smallest absolute Gasteiger partial charge is 0.238 e. The fourth-order valence-corrected chi connectivity index (χ4v) is 1.80. The molecule has 1 aliphatic rings. The highest BCUT2D eigenvalue weighted by atomic mass is 16.2. The average Bonchev–Trinajstić information content (AvgIpc) is 3.25. The number of carbonyl (C=O) groups is 2. The summed E-state index contributed by atoms with van der Waals surface area (Å²) in [6.45, 7) is 3.07. The predicted molar refractivity (Wildman–Crippen MR) is 79.6 cm³/mol. The Hall–Kier alpha value is -1.88. The summed E-state index contributed by atoms with van der Waals surface area (Å²) in [5.74, 6) is 0.700. The van der Waals surface area contributed by atoms with Crippen LogP contribution in [0.3, 0.4) is 0 Å². The Labute approximate surface area is 119 Å². The average molecular weight is 275 g/mol. The van der Waals surface area contributed by atoms with Gasteiger partial charge in [-0.15, -0.1) is 0 Å². The van der Waals surface area contributed by atoms with E-state index >= 15 is 0 Å². The molecule has 2 amide bonds. The molecule has 1 aromatic rings. The van der Waals surface area contributed by atoms with Crippen molar-refractivity contribution in [2.75, 3.05) is 23.7 Å². The van der Waals surface area contributed by atoms with E-state index in [4.69, 9.17) is 0 Å². The molecular weight excluding hydrogens is 254 g/mol. The summed E-state index contributed by atoms with van der Waals surface area (Å²) in [5.41, 5.74) is 1.47. The van der Waals surface area contributed by atoms with Gasteiger partial charge in [-0.05, 0) is 49.6 Å². The quantitative estimate of drug-likeness (QED) is 0.712. The third-order valence-electron chi connectivity index (χ3n) is 3.19. The van der Waals surface area contributed by atoms with Crippen LogP contribution in [-0.4, -0.2) is 24.9 Å². The molecule has 1 aliphatic carbocycles. The number of anilines is 2. The van der Waals surface area contributed by atoms with Crippen molar-refractivity contribution in [3.63, 3.8) is 0 Å². The molecule has 0 bridgehead atoms. The Morgan fingerprint density at radius 1 is 1.05 bits per heavy atom. The number of carbonyl (C=O) groups excluding carboxylic acids is 2. The first-order chi connectivity index (χ1) is 9.67. The van der Waals surface area contributed by atoms with Crippen LogP contribution < -0.4 is 16.0 Å². The molecule has 0 spiro atoms. The molecule has 20 heavy (non-hydrogen) atoms. The van der Waals surface area contributed by atoms with Crippen molar-refractivity contribution in [3.05, 3.63) is 24.3 Å². The van der Waals surface area contributed by atoms with E-state index in [1.165, 1.54) is 12.8 Å². The lowest BCUT2D eigenvalue weighted by atomic mass is 10.2. The van der Waals surface area contributed by atoms with Crippen molar-refractivity contribution >= 4 is 23.2 Å². The molecule has 1 fully saturated rings. The summed E-state index contributed by atoms with van der Waals surface area (Å²) in [4.78, 5) is 22.9. The molecule has 108 valence electrons. The molecule has 3 N–H and O–H groups in total. The van der Waals surface area contributed by atoms with Gasteiger partial charge in [-0.2, -0.15) is 0 Å². The van der Waals surface area contributed by atoms with Crippen LogP contribution in [0.15, 0.2) is 24.3 Å². The van der Waals surface area contributed by atoms with Gasteiger partial charge in [0.25, 0.3) is 0 Å². The molecule has 0 radical (unpaired) electrons. The monoisotopic (exact) mass is 275 g/mol. The fraction of sp³-hybridized carbons (Fsp3) is 0.467. The van der Waals surface area contributed by atoms with Gasteiger partial charge in [0.1, 0.15) is 0 Å². The van der Waals surface area contributed by atoms with Gasteiger partial charge in [0.2, 0.25) is 11.8 Å². The lowest BCUT2D eigenvalue weighted by Gasteiger charge is -2.08. The lowest BCUT2D eigenvalue weighted by molar-refractivity contribution is -0.116. The predicted octanol–water partition coefficient (Wildman–Crippen LogP) is 1.97. The minimum Gasteiger partial charge on any atom is -0.326 e. The van der Waals surface area contributed by atoms with E-state index in [1.807, 2.05) is 0 Å². The van der Waals surface area contributed by atoms with Crippen molar-refractivity contribution in [2.45, 2.75) is 26.2 Å². The van der Waals surface area contributed by atoms with Gasteiger partial charge >= 0.3 is 0 Å². The van der Waals surface area contributed by atoms with E-state index in [0.717, 1.165) is 23.8 Å². The zero-order valence-electron chi connectivity index (χ0n) is 11.7. The van der Waals surface area contributed by atoms with Gasteiger partial charge in [-0.25, -0.2) is 0 Å². The van der Waals surface area contributed by atoms with Crippen LogP contribution in [0.5, 0.6) is 0 Å². The van der Waals surface area contributed by atoms with Crippen LogP contribution >= 0.6 is 0 Å². The highest BCUT2D eigenvalue weighted by molar-refractivity contribution is 5.93. The topological polar surface area (TPSA) is 70.2 Å². The van der Waals surface area contributed by atoms with Crippen molar-refractivity contribution in [1.29, 1.82) is 0 Å². The van der Waals surface area contributed by atoms with Gasteiger partial charge in [-0.3, -0.25) is 9.59 Å². The van der Waals surface area contributed by atoms with Crippen LogP contribution in [0.1, 0.15) is 26.2 Å². The Morgan fingerprint density at radius 3 is 2.10 bits per heavy atom. The number of rotatable bonds is 7. The van der Waals surface area contributed by atoms with Gasteiger partial charge in [0.15, 0.2) is 0 Å². The molecule has 5 nitrogen and oxygen atoms in total. The minimum absolute atomic E-state index is 0.0222. The highest BCUT2D eigenvalue weighted by Gasteiger charge is 2.20. The number of hydrogen-bond donors (Lipinski definition) is 3. The van der Waals surface area contributed by atoms with Crippen LogP contribution in [0.4, 0.5) is 11.4 Å². The third-order valence-corrected chi connectivity index (χ3v) is 3.19. The van der Waals surface area contributed by atoms with Gasteiger partial charge < -0.3 is 16.0 Å². The zero-order valence-corrected chi connectivity index (χ0v) is 11.7. The summed E-state index contributed by atoms with van der Waals surface area (Å²) in [6, 6.07) is 7.12. The first-order valence-electron chi connectivity index (χ1n) is 7.08. The number of benzene rings is 1. The summed E-state index contributed by atoms with van der Waals surface area (Å²) >= 11 is 0. The molecular formula is C15H21N3O2. The van der Waals surface area contributed by atoms with E-state index in [2.05, 4.69) is 16.0 Å². The Balaban J connectivity index is 1.74. The number of amides is 2. The molecule has 2 rings (SSSR count). The van der Waals surface area contributed by atoms with Crippen molar-refractivity contribution in [1.82, 2.24) is 5.32 Å². The Kier molecular flexibility index (Phi) is 5.12. The molecule has 1 aromatic carbocycles. The lowest BCUT2D eigenvalue weighted by Crippen LogP contribution is -2.29. The van der Waals surface area contributed by atoms with E-state index in [9.17, 15) is 9.59 Å². The SMILES string of the molecule is CCC(=O)Nc1ccc(NC(=O)CNCC2CC2)cc1. The Bertz CT molecular complexity index is 467. The van der Waals surface area contributed by atoms with Gasteiger partial charge in [0, 0.05) is 17.8 Å². The number of nitrogens with one attached hydrogen (secondary N) is 3. The van der Waals surface area contributed by atoms with E-state index in [-0.39, 0.29) is 11.8 Å². The van der Waals surface area contributed by atoms with Crippen molar-refractivity contribution < 1.29 is 9.59 Å². The summed E-state index contributed by atoms with van der Waals surface area (Å²) < 4.78 is 0. The summed E-state index contributed by atoms with van der Waals surface area (Å²) in [7, 11) is 0. The molecule has 1 saturated carbocycles. The van der Waals surface area contributed by atoms with Crippen LogP contribution in [0, 0.1) is 5.92 Å². The molecule has 0 saturated heterocycles. The standard InChI is InChI=1S/C15H21N3O2/c1-2-14(19)17-12-5-7-13(8-6-12)18-15(20)10-16-9-11-3-4-11/h5-8,11,16H,2-4,9-10H2,1H3,(H,17,19)(H,18,20). The Morgan fingerprint density at radius 2 is 1.60 bits per heavy atom. The normalized spacial score (nSPS) is 13.8. The van der Waals surface area contributed by atoms with Crippen LogP contribution in [-0.2, 0) is 9.59 Å². The van der Waals surface area contributed by atoms with Crippen LogP contribution in [0.2, 0.25) is 0 Å². The first-order valence-corrected chi connectivity index (χ1v) is 7.08. The van der Waals surface area contributed by atoms with E-state index in [0.29, 0.717) is 13.0 Å². The maximum Gasteiger partial charge on any atom is 0.238 e. The molecule has 0 heterocycles. The van der Waals surface area contributed by atoms with Gasteiger partial charge in [-0.1, -0.05) is 6.92 Å². The van der Waals surface area contributed by atoms with Crippen molar-refractivity contribution in [2.24, 2.45) is 5.92 Å². The first kappa shape index (κ1) is 14.5. The molecule has 0 atom stereocenters. The second-order valence-electron chi connectivity index (χ2n) is 5.10. The summed E-state index contributed by atoms with van der Waals surface area (Å²) in [5, 5.41) is 8.72.